The number of halogens is 3. The standard InChI is InChI=1S/C26H23F3O2/c1-4-31-26(30)25(29)15-24-22(16(2)3)13-19(17-5-9-20(27)10-6-17)14-23(24)18-7-11-21(28)12-8-18/h5-16H,4H2,1-3H3. The Bertz CT molecular complexity index is 1100. The van der Waals surface area contributed by atoms with Gasteiger partial charge in [-0.3, -0.25) is 0 Å². The number of rotatable bonds is 6. The highest BCUT2D eigenvalue weighted by molar-refractivity contribution is 5.94. The topological polar surface area (TPSA) is 26.3 Å². The summed E-state index contributed by atoms with van der Waals surface area (Å²) in [5.74, 6) is -2.80. The van der Waals surface area contributed by atoms with E-state index in [0.29, 0.717) is 16.7 Å². The Morgan fingerprint density at radius 1 is 0.903 bits per heavy atom. The summed E-state index contributed by atoms with van der Waals surface area (Å²) in [4.78, 5) is 11.9. The number of carbonyl (C=O) groups is 1. The first kappa shape index (κ1) is 22.3. The minimum absolute atomic E-state index is 0.0131. The monoisotopic (exact) mass is 424 g/mol. The lowest BCUT2D eigenvalue weighted by Crippen LogP contribution is -2.05. The van der Waals surface area contributed by atoms with E-state index in [1.54, 1.807) is 31.2 Å². The van der Waals surface area contributed by atoms with Crippen LogP contribution in [-0.4, -0.2) is 12.6 Å². The van der Waals surface area contributed by atoms with E-state index in [0.717, 1.165) is 16.7 Å². The van der Waals surface area contributed by atoms with Crippen LogP contribution in [0.2, 0.25) is 0 Å². The molecule has 0 fully saturated rings. The Morgan fingerprint density at radius 2 is 1.45 bits per heavy atom. The lowest BCUT2D eigenvalue weighted by Gasteiger charge is -2.18. The van der Waals surface area contributed by atoms with Crippen LogP contribution >= 0.6 is 0 Å². The van der Waals surface area contributed by atoms with Crippen molar-refractivity contribution in [2.75, 3.05) is 6.61 Å². The molecule has 0 radical (unpaired) electrons. The van der Waals surface area contributed by atoms with Crippen molar-refractivity contribution in [3.05, 3.63) is 89.3 Å². The maximum absolute atomic E-state index is 14.6. The molecule has 0 aromatic heterocycles. The average Bonchev–Trinajstić information content (AvgIpc) is 2.75. The normalized spacial score (nSPS) is 11.6. The highest BCUT2D eigenvalue weighted by Crippen LogP contribution is 2.37. The first-order chi connectivity index (χ1) is 14.8. The lowest BCUT2D eigenvalue weighted by molar-refractivity contribution is -0.140. The van der Waals surface area contributed by atoms with E-state index in [2.05, 4.69) is 0 Å². The summed E-state index contributed by atoms with van der Waals surface area (Å²) in [6.45, 7) is 5.58. The van der Waals surface area contributed by atoms with Crippen LogP contribution in [0.3, 0.4) is 0 Å². The van der Waals surface area contributed by atoms with Crippen molar-refractivity contribution in [3.63, 3.8) is 0 Å². The van der Waals surface area contributed by atoms with Gasteiger partial charge in [0.05, 0.1) is 6.61 Å². The SMILES string of the molecule is CCOC(=O)C(F)=Cc1c(-c2ccc(F)cc2)cc(-c2ccc(F)cc2)cc1C(C)C. The van der Waals surface area contributed by atoms with Gasteiger partial charge < -0.3 is 4.74 Å². The molecule has 0 spiro atoms. The number of hydrogen-bond acceptors (Lipinski definition) is 2. The summed E-state index contributed by atoms with van der Waals surface area (Å²) in [6, 6.07) is 15.6. The molecule has 0 saturated heterocycles. The summed E-state index contributed by atoms with van der Waals surface area (Å²) in [7, 11) is 0. The van der Waals surface area contributed by atoms with Crippen LogP contribution < -0.4 is 0 Å². The predicted octanol–water partition coefficient (Wildman–Crippen LogP) is 7.30. The molecule has 160 valence electrons. The van der Waals surface area contributed by atoms with Crippen LogP contribution in [0.25, 0.3) is 28.3 Å². The number of benzene rings is 3. The van der Waals surface area contributed by atoms with Gasteiger partial charge in [0.2, 0.25) is 5.83 Å². The molecule has 31 heavy (non-hydrogen) atoms. The van der Waals surface area contributed by atoms with E-state index in [9.17, 15) is 18.0 Å². The fourth-order valence-corrected chi connectivity index (χ4v) is 3.38. The molecule has 3 rings (SSSR count). The molecule has 0 amide bonds. The molecule has 0 aliphatic heterocycles. The van der Waals surface area contributed by atoms with Gasteiger partial charge in [-0.2, -0.15) is 4.39 Å². The van der Waals surface area contributed by atoms with Crippen LogP contribution in [0.4, 0.5) is 13.2 Å². The molecule has 0 aliphatic rings. The Hall–Kier alpha value is -3.34. The summed E-state index contributed by atoms with van der Waals surface area (Å²) in [6.07, 6.45) is 1.17. The molecule has 0 bridgehead atoms. The summed E-state index contributed by atoms with van der Waals surface area (Å²) >= 11 is 0. The third-order valence-electron chi connectivity index (χ3n) is 4.91. The molecule has 0 aliphatic carbocycles. The van der Waals surface area contributed by atoms with Gasteiger partial charge in [-0.15, -0.1) is 0 Å². The van der Waals surface area contributed by atoms with Gasteiger partial charge >= 0.3 is 5.97 Å². The van der Waals surface area contributed by atoms with Crippen molar-refractivity contribution in [3.8, 4) is 22.3 Å². The van der Waals surface area contributed by atoms with Gasteiger partial charge in [0.1, 0.15) is 11.6 Å². The minimum Gasteiger partial charge on any atom is -0.461 e. The van der Waals surface area contributed by atoms with Gasteiger partial charge in [-0.1, -0.05) is 44.2 Å². The third-order valence-corrected chi connectivity index (χ3v) is 4.91. The average molecular weight is 424 g/mol. The van der Waals surface area contributed by atoms with E-state index in [4.69, 9.17) is 4.74 Å². The first-order valence-corrected chi connectivity index (χ1v) is 10.0. The van der Waals surface area contributed by atoms with E-state index < -0.39 is 17.6 Å². The smallest absolute Gasteiger partial charge is 0.367 e. The van der Waals surface area contributed by atoms with E-state index in [1.807, 2.05) is 26.0 Å². The van der Waals surface area contributed by atoms with E-state index >= 15 is 0 Å². The number of carbonyl (C=O) groups excluding carboxylic acids is 1. The Balaban J connectivity index is 2.28. The molecule has 2 nitrogen and oxygen atoms in total. The minimum atomic E-state index is -1.04. The summed E-state index contributed by atoms with van der Waals surface area (Å²) in [5, 5.41) is 0. The molecular weight excluding hydrogens is 401 g/mol. The van der Waals surface area contributed by atoms with Crippen molar-refractivity contribution in [2.45, 2.75) is 26.7 Å². The van der Waals surface area contributed by atoms with Gasteiger partial charge in [0.25, 0.3) is 0 Å². The number of esters is 1. The number of hydrogen-bond donors (Lipinski definition) is 0. The zero-order valence-electron chi connectivity index (χ0n) is 17.6. The molecule has 5 heteroatoms. The van der Waals surface area contributed by atoms with Crippen molar-refractivity contribution in [1.29, 1.82) is 0 Å². The maximum atomic E-state index is 14.6. The van der Waals surface area contributed by atoms with Crippen molar-refractivity contribution < 1.29 is 22.7 Å². The molecule has 0 heterocycles. The second-order valence-corrected chi connectivity index (χ2v) is 7.41. The molecule has 3 aromatic rings. The molecular formula is C26H23F3O2. The van der Waals surface area contributed by atoms with Crippen molar-refractivity contribution >= 4 is 12.0 Å². The van der Waals surface area contributed by atoms with Crippen LogP contribution in [-0.2, 0) is 9.53 Å². The number of ether oxygens (including phenoxy) is 1. The van der Waals surface area contributed by atoms with Crippen molar-refractivity contribution in [2.24, 2.45) is 0 Å². The maximum Gasteiger partial charge on any atom is 0.367 e. The first-order valence-electron chi connectivity index (χ1n) is 10.0. The van der Waals surface area contributed by atoms with E-state index in [-0.39, 0.29) is 18.3 Å². The zero-order valence-corrected chi connectivity index (χ0v) is 17.6. The highest BCUT2D eigenvalue weighted by atomic mass is 19.1. The third kappa shape index (κ3) is 5.23. The van der Waals surface area contributed by atoms with Crippen LogP contribution in [0.15, 0.2) is 66.5 Å². The Kier molecular flexibility index (Phi) is 6.95. The van der Waals surface area contributed by atoms with Gasteiger partial charge in [0, 0.05) is 0 Å². The largest absolute Gasteiger partial charge is 0.461 e. The molecule has 3 aromatic carbocycles. The lowest BCUT2D eigenvalue weighted by atomic mass is 9.86. The van der Waals surface area contributed by atoms with Gasteiger partial charge in [0.15, 0.2) is 0 Å². The molecule has 0 atom stereocenters. The van der Waals surface area contributed by atoms with Crippen LogP contribution in [0.5, 0.6) is 0 Å². The molecule has 0 unspecified atom stereocenters. The molecule has 0 saturated carbocycles. The van der Waals surface area contributed by atoms with Crippen LogP contribution in [0, 0.1) is 11.6 Å². The van der Waals surface area contributed by atoms with Gasteiger partial charge in [-0.25, -0.2) is 13.6 Å². The second-order valence-electron chi connectivity index (χ2n) is 7.41. The highest BCUT2D eigenvalue weighted by Gasteiger charge is 2.18. The Morgan fingerprint density at radius 3 is 1.97 bits per heavy atom. The van der Waals surface area contributed by atoms with Crippen molar-refractivity contribution in [1.82, 2.24) is 0 Å². The van der Waals surface area contributed by atoms with Gasteiger partial charge in [-0.05, 0) is 82.6 Å². The van der Waals surface area contributed by atoms with Crippen LogP contribution in [0.1, 0.15) is 37.8 Å². The quantitative estimate of drug-likeness (QED) is 0.307. The van der Waals surface area contributed by atoms with E-state index in [1.165, 1.54) is 30.3 Å². The summed E-state index contributed by atoms with van der Waals surface area (Å²) in [5.41, 5.74) is 4.18. The Labute approximate surface area is 180 Å². The predicted molar refractivity (Wildman–Crippen MR) is 117 cm³/mol. The fourth-order valence-electron chi connectivity index (χ4n) is 3.38. The summed E-state index contributed by atoms with van der Waals surface area (Å²) < 4.78 is 46.3. The fraction of sp³-hybridized carbons (Fsp3) is 0.192. The second kappa shape index (κ2) is 9.65. The molecule has 0 N–H and O–H groups in total. The zero-order chi connectivity index (χ0) is 22.5.